The largest absolute Gasteiger partial charge is 0.342 e. The summed E-state index contributed by atoms with van der Waals surface area (Å²) >= 11 is 0. The van der Waals surface area contributed by atoms with Gasteiger partial charge in [0.2, 0.25) is 5.91 Å². The van der Waals surface area contributed by atoms with Gasteiger partial charge < -0.3 is 14.8 Å². The van der Waals surface area contributed by atoms with Crippen molar-refractivity contribution in [2.75, 3.05) is 18.4 Å². The van der Waals surface area contributed by atoms with Crippen LogP contribution in [-0.2, 0) is 11.8 Å². The monoisotopic (exact) mass is 455 g/mol. The number of piperidine rings is 1. The maximum atomic E-state index is 12.8. The average Bonchev–Trinajstić information content (AvgIpc) is 3.21. The van der Waals surface area contributed by atoms with Crippen molar-refractivity contribution in [2.45, 2.75) is 32.6 Å². The number of carbonyl (C=O) groups is 2. The van der Waals surface area contributed by atoms with Gasteiger partial charge in [0, 0.05) is 37.3 Å². The Bertz CT molecular complexity index is 1310. The van der Waals surface area contributed by atoms with E-state index in [0.717, 1.165) is 42.5 Å². The Morgan fingerprint density at radius 2 is 2.06 bits per heavy atom. The van der Waals surface area contributed by atoms with E-state index in [1.165, 1.54) is 5.56 Å². The molecular formula is C27H29N5O2. The molecule has 174 valence electrons. The molecule has 34 heavy (non-hydrogen) atoms. The second-order valence-electron chi connectivity index (χ2n) is 8.96. The van der Waals surface area contributed by atoms with Crippen molar-refractivity contribution >= 4 is 28.5 Å². The third-order valence-electron chi connectivity index (χ3n) is 6.77. The van der Waals surface area contributed by atoms with Crippen molar-refractivity contribution in [3.8, 4) is 6.07 Å². The van der Waals surface area contributed by atoms with Crippen molar-refractivity contribution in [2.24, 2.45) is 13.0 Å². The predicted octanol–water partition coefficient (Wildman–Crippen LogP) is 4.53. The summed E-state index contributed by atoms with van der Waals surface area (Å²) in [5.74, 6) is 0.00259. The number of likely N-dealkylation sites (tertiary alicyclic amines) is 1. The lowest BCUT2D eigenvalue weighted by molar-refractivity contribution is -0.134. The number of nitrogens with zero attached hydrogens (tertiary/aromatic N) is 4. The summed E-state index contributed by atoms with van der Waals surface area (Å²) in [6.07, 6.45) is 7.27. The van der Waals surface area contributed by atoms with Crippen molar-refractivity contribution in [1.29, 1.82) is 5.26 Å². The molecule has 1 aromatic carbocycles. The number of carbonyl (C=O) groups excluding carboxylic acids is 2. The van der Waals surface area contributed by atoms with Gasteiger partial charge in [0.15, 0.2) is 0 Å². The molecule has 0 radical (unpaired) electrons. The van der Waals surface area contributed by atoms with Gasteiger partial charge in [-0.1, -0.05) is 19.1 Å². The quantitative estimate of drug-likeness (QED) is 0.572. The van der Waals surface area contributed by atoms with Crippen LogP contribution >= 0.6 is 0 Å². The van der Waals surface area contributed by atoms with Crippen molar-refractivity contribution in [1.82, 2.24) is 14.5 Å². The highest BCUT2D eigenvalue weighted by Crippen LogP contribution is 2.37. The number of fused-ring (bicyclic) bond motifs is 1. The second kappa shape index (κ2) is 9.52. The predicted molar refractivity (Wildman–Crippen MR) is 132 cm³/mol. The zero-order valence-electron chi connectivity index (χ0n) is 19.8. The van der Waals surface area contributed by atoms with Gasteiger partial charge in [0.05, 0.1) is 29.4 Å². The highest BCUT2D eigenvalue weighted by molar-refractivity contribution is 6.06. The molecule has 4 rings (SSSR count). The number of rotatable bonds is 5. The smallest absolute Gasteiger partial charge is 0.255 e. The summed E-state index contributed by atoms with van der Waals surface area (Å²) < 4.78 is 2.02. The molecule has 2 aromatic heterocycles. The van der Waals surface area contributed by atoms with Crippen LogP contribution in [0.5, 0.6) is 0 Å². The molecule has 1 N–H and O–H groups in total. The van der Waals surface area contributed by atoms with E-state index in [1.54, 1.807) is 36.5 Å². The van der Waals surface area contributed by atoms with Crippen LogP contribution in [0.25, 0.3) is 11.0 Å². The van der Waals surface area contributed by atoms with Gasteiger partial charge in [0.25, 0.3) is 5.91 Å². The van der Waals surface area contributed by atoms with Crippen LogP contribution in [0.15, 0.2) is 49.3 Å². The Hall–Kier alpha value is -3.92. The van der Waals surface area contributed by atoms with Crippen molar-refractivity contribution in [3.05, 3.63) is 71.6 Å². The molecular weight excluding hydrogens is 426 g/mol. The highest BCUT2D eigenvalue weighted by Gasteiger charge is 2.28. The molecule has 1 atom stereocenters. The SMILES string of the molecule is C=C[C@@H](C)C(=O)N1CCC(c2cn(C)c3ncc(NC(=O)c4cccc(C#N)c4)c(C)c23)CC1. The van der Waals surface area contributed by atoms with Crippen LogP contribution in [0.1, 0.15) is 52.7 Å². The van der Waals surface area contributed by atoms with Gasteiger partial charge in [0.1, 0.15) is 5.65 Å². The summed E-state index contributed by atoms with van der Waals surface area (Å²) in [7, 11) is 1.98. The Kier molecular flexibility index (Phi) is 6.51. The maximum Gasteiger partial charge on any atom is 0.255 e. The topological polar surface area (TPSA) is 91.0 Å². The standard InChI is InChI=1S/C27H29N5O2/c1-5-17(2)27(34)32-11-9-20(10-12-32)22-16-31(4)25-24(22)18(3)23(15-29-25)30-26(33)21-8-6-7-19(13-21)14-28/h5-8,13,15-17,20H,1,9-12H2,2-4H3,(H,30,33)/t17-/m1/s1. The van der Waals surface area contributed by atoms with E-state index in [0.29, 0.717) is 22.7 Å². The Labute approximate surface area is 199 Å². The number of hydrogen-bond acceptors (Lipinski definition) is 4. The van der Waals surface area contributed by atoms with Crippen LogP contribution in [0, 0.1) is 24.2 Å². The van der Waals surface area contributed by atoms with Crippen molar-refractivity contribution < 1.29 is 9.59 Å². The van der Waals surface area contributed by atoms with E-state index in [4.69, 9.17) is 5.26 Å². The van der Waals surface area contributed by atoms with Crippen LogP contribution in [0.3, 0.4) is 0 Å². The number of aromatic nitrogens is 2. The summed E-state index contributed by atoms with van der Waals surface area (Å²) in [6.45, 7) is 9.06. The number of amides is 2. The summed E-state index contributed by atoms with van der Waals surface area (Å²) in [6, 6.07) is 8.70. The van der Waals surface area contributed by atoms with E-state index < -0.39 is 0 Å². The van der Waals surface area contributed by atoms with Gasteiger partial charge >= 0.3 is 0 Å². The molecule has 7 nitrogen and oxygen atoms in total. The van der Waals surface area contributed by atoms with Crippen LogP contribution in [-0.4, -0.2) is 39.4 Å². The number of anilines is 1. The van der Waals surface area contributed by atoms with Gasteiger partial charge in [-0.25, -0.2) is 4.98 Å². The Balaban J connectivity index is 1.60. The number of nitriles is 1. The normalized spacial score (nSPS) is 15.1. The minimum absolute atomic E-state index is 0.134. The number of pyridine rings is 1. The molecule has 1 aliphatic heterocycles. The number of benzene rings is 1. The second-order valence-corrected chi connectivity index (χ2v) is 8.96. The minimum Gasteiger partial charge on any atom is -0.342 e. The fourth-order valence-corrected chi connectivity index (χ4v) is 4.70. The number of hydrogen-bond donors (Lipinski definition) is 1. The third-order valence-corrected chi connectivity index (χ3v) is 6.77. The molecule has 3 heterocycles. The van der Waals surface area contributed by atoms with E-state index in [1.807, 2.05) is 30.4 Å². The molecule has 0 saturated carbocycles. The summed E-state index contributed by atoms with van der Waals surface area (Å²) in [4.78, 5) is 31.9. The molecule has 7 heteroatoms. The Morgan fingerprint density at radius 3 is 2.74 bits per heavy atom. The van der Waals surface area contributed by atoms with Crippen molar-refractivity contribution in [3.63, 3.8) is 0 Å². The number of nitrogens with one attached hydrogen (secondary N) is 1. The molecule has 0 bridgehead atoms. The van der Waals surface area contributed by atoms with Gasteiger partial charge in [-0.2, -0.15) is 5.26 Å². The minimum atomic E-state index is -0.276. The molecule has 0 unspecified atom stereocenters. The lowest BCUT2D eigenvalue weighted by Crippen LogP contribution is -2.40. The number of aryl methyl sites for hydroxylation is 2. The van der Waals surface area contributed by atoms with E-state index in [2.05, 4.69) is 29.1 Å². The first kappa shape index (κ1) is 23.2. The van der Waals surface area contributed by atoms with Gasteiger partial charge in [-0.3, -0.25) is 9.59 Å². The van der Waals surface area contributed by atoms with E-state index >= 15 is 0 Å². The van der Waals surface area contributed by atoms with Gasteiger partial charge in [-0.05, 0) is 55.0 Å². The fourth-order valence-electron chi connectivity index (χ4n) is 4.70. The molecule has 0 spiro atoms. The van der Waals surface area contributed by atoms with E-state index in [-0.39, 0.29) is 17.7 Å². The molecule has 3 aromatic rings. The molecule has 1 fully saturated rings. The maximum absolute atomic E-state index is 12.8. The average molecular weight is 456 g/mol. The summed E-state index contributed by atoms with van der Waals surface area (Å²) in [5.41, 5.74) is 4.56. The third kappa shape index (κ3) is 4.32. The molecule has 0 aliphatic carbocycles. The Morgan fingerprint density at radius 1 is 1.32 bits per heavy atom. The fraction of sp³-hybridized carbons (Fsp3) is 0.333. The lowest BCUT2D eigenvalue weighted by Gasteiger charge is -2.33. The summed E-state index contributed by atoms with van der Waals surface area (Å²) in [5, 5.41) is 13.1. The van der Waals surface area contributed by atoms with Crippen LogP contribution in [0.4, 0.5) is 5.69 Å². The molecule has 1 aliphatic rings. The van der Waals surface area contributed by atoms with Crippen LogP contribution < -0.4 is 5.32 Å². The van der Waals surface area contributed by atoms with Crippen LogP contribution in [0.2, 0.25) is 0 Å². The zero-order valence-corrected chi connectivity index (χ0v) is 19.8. The first-order chi connectivity index (χ1) is 16.3. The van der Waals surface area contributed by atoms with Gasteiger partial charge in [-0.15, -0.1) is 6.58 Å². The first-order valence-electron chi connectivity index (χ1n) is 11.5. The van der Waals surface area contributed by atoms with E-state index in [9.17, 15) is 9.59 Å². The zero-order chi connectivity index (χ0) is 24.4. The lowest BCUT2D eigenvalue weighted by atomic mass is 9.88. The first-order valence-corrected chi connectivity index (χ1v) is 11.5. The highest BCUT2D eigenvalue weighted by atomic mass is 16.2. The molecule has 1 saturated heterocycles. The molecule has 2 amide bonds.